The molecule has 2 rings (SSSR count). The topological polar surface area (TPSA) is 84.2 Å². The van der Waals surface area contributed by atoms with Crippen LogP contribution >= 0.6 is 0 Å². The van der Waals surface area contributed by atoms with Gasteiger partial charge in [0.25, 0.3) is 5.91 Å². The molecule has 0 saturated carbocycles. The Hall–Kier alpha value is -2.63. The molecule has 1 aromatic heterocycles. The molecule has 1 aromatic carbocycles. The van der Waals surface area contributed by atoms with Crippen molar-refractivity contribution in [2.24, 2.45) is 0 Å². The van der Waals surface area contributed by atoms with Gasteiger partial charge >= 0.3 is 5.97 Å². The van der Waals surface area contributed by atoms with Crippen molar-refractivity contribution in [1.82, 2.24) is 14.9 Å². The third kappa shape index (κ3) is 3.10. The van der Waals surface area contributed by atoms with E-state index in [2.05, 4.69) is 10.3 Å². The molecule has 0 aliphatic rings. The number of aromatic nitrogens is 2. The van der Waals surface area contributed by atoms with Crippen LogP contribution in [-0.4, -0.2) is 32.1 Å². The largest absolute Gasteiger partial charge is 0.480 e. The molecule has 1 heterocycles. The summed E-state index contributed by atoms with van der Waals surface area (Å²) in [5.74, 6) is -1.45. The Labute approximate surface area is 122 Å². The highest BCUT2D eigenvalue weighted by Crippen LogP contribution is 2.13. The molecule has 21 heavy (non-hydrogen) atoms. The lowest BCUT2D eigenvalue weighted by Gasteiger charge is -2.24. The van der Waals surface area contributed by atoms with Gasteiger partial charge in [0, 0.05) is 23.6 Å². The van der Waals surface area contributed by atoms with Gasteiger partial charge in [-0.1, -0.05) is 6.92 Å². The number of nitrogens with one attached hydrogen (secondary N) is 1. The van der Waals surface area contributed by atoms with Gasteiger partial charge in [0.05, 0.1) is 6.33 Å². The maximum absolute atomic E-state index is 12.1. The SMILES string of the molecule is CCC(C)(NC(=O)c1ccc(-n2ccnc2)cc1)C(=O)O. The second kappa shape index (κ2) is 5.78. The lowest BCUT2D eigenvalue weighted by molar-refractivity contribution is -0.143. The van der Waals surface area contributed by atoms with Crippen LogP contribution in [0, 0.1) is 0 Å². The van der Waals surface area contributed by atoms with Crippen molar-refractivity contribution in [3.8, 4) is 5.69 Å². The van der Waals surface area contributed by atoms with Gasteiger partial charge in [-0.3, -0.25) is 4.79 Å². The molecule has 1 unspecified atom stereocenters. The second-order valence-electron chi connectivity index (χ2n) is 4.96. The van der Waals surface area contributed by atoms with Gasteiger partial charge in [0.15, 0.2) is 0 Å². The predicted octanol–water partition coefficient (Wildman–Crippen LogP) is 1.86. The number of imidazole rings is 1. The van der Waals surface area contributed by atoms with E-state index in [-0.39, 0.29) is 0 Å². The van der Waals surface area contributed by atoms with Crippen LogP contribution in [0.4, 0.5) is 0 Å². The zero-order valence-electron chi connectivity index (χ0n) is 11.9. The summed E-state index contributed by atoms with van der Waals surface area (Å²) in [7, 11) is 0. The average molecular weight is 287 g/mol. The lowest BCUT2D eigenvalue weighted by Crippen LogP contribution is -2.51. The molecule has 6 nitrogen and oxygen atoms in total. The van der Waals surface area contributed by atoms with Gasteiger partial charge in [-0.05, 0) is 37.6 Å². The third-order valence-corrected chi connectivity index (χ3v) is 3.50. The summed E-state index contributed by atoms with van der Waals surface area (Å²) in [6, 6.07) is 6.87. The molecule has 0 radical (unpaired) electrons. The van der Waals surface area contributed by atoms with Crippen LogP contribution in [0.3, 0.4) is 0 Å². The fourth-order valence-electron chi connectivity index (χ4n) is 1.81. The number of amides is 1. The van der Waals surface area contributed by atoms with Crippen LogP contribution < -0.4 is 5.32 Å². The Kier molecular flexibility index (Phi) is 4.07. The molecule has 0 aliphatic heterocycles. The fraction of sp³-hybridized carbons (Fsp3) is 0.267. The van der Waals surface area contributed by atoms with Crippen molar-refractivity contribution in [2.75, 3.05) is 0 Å². The Morgan fingerprint density at radius 1 is 1.33 bits per heavy atom. The van der Waals surface area contributed by atoms with Gasteiger partial charge in [-0.2, -0.15) is 0 Å². The molecule has 2 N–H and O–H groups in total. The number of aliphatic carboxylic acids is 1. The Bertz CT molecular complexity index is 635. The minimum Gasteiger partial charge on any atom is -0.480 e. The Balaban J connectivity index is 2.15. The monoisotopic (exact) mass is 287 g/mol. The van der Waals surface area contributed by atoms with Crippen molar-refractivity contribution < 1.29 is 14.7 Å². The van der Waals surface area contributed by atoms with Crippen molar-refractivity contribution in [2.45, 2.75) is 25.8 Å². The smallest absolute Gasteiger partial charge is 0.329 e. The molecule has 1 atom stereocenters. The summed E-state index contributed by atoms with van der Waals surface area (Å²) in [4.78, 5) is 27.3. The van der Waals surface area contributed by atoms with E-state index < -0.39 is 17.4 Å². The van der Waals surface area contributed by atoms with E-state index in [1.807, 2.05) is 4.57 Å². The van der Waals surface area contributed by atoms with E-state index in [1.165, 1.54) is 6.92 Å². The standard InChI is InChI=1S/C15H17N3O3/c1-3-15(2,14(20)21)17-13(19)11-4-6-12(7-5-11)18-9-8-16-10-18/h4-10H,3H2,1-2H3,(H,17,19)(H,20,21). The number of carboxylic acid groups (broad SMARTS) is 1. The van der Waals surface area contributed by atoms with Crippen molar-refractivity contribution in [1.29, 1.82) is 0 Å². The van der Waals surface area contributed by atoms with Crippen LogP contribution in [0.1, 0.15) is 30.6 Å². The van der Waals surface area contributed by atoms with Crippen LogP contribution in [0.15, 0.2) is 43.0 Å². The second-order valence-corrected chi connectivity index (χ2v) is 4.96. The van der Waals surface area contributed by atoms with E-state index in [1.54, 1.807) is 49.9 Å². The molecular weight excluding hydrogens is 270 g/mol. The molecule has 6 heteroatoms. The van der Waals surface area contributed by atoms with E-state index in [0.29, 0.717) is 12.0 Å². The minimum absolute atomic E-state index is 0.307. The van der Waals surface area contributed by atoms with Crippen molar-refractivity contribution in [3.05, 3.63) is 48.5 Å². The summed E-state index contributed by atoms with van der Waals surface area (Å²) in [5.41, 5.74) is 0.0282. The van der Waals surface area contributed by atoms with E-state index in [0.717, 1.165) is 5.69 Å². The van der Waals surface area contributed by atoms with E-state index in [9.17, 15) is 14.7 Å². The number of hydrogen-bond acceptors (Lipinski definition) is 3. The number of nitrogens with zero attached hydrogens (tertiary/aromatic N) is 2. The highest BCUT2D eigenvalue weighted by molar-refractivity contribution is 5.97. The maximum Gasteiger partial charge on any atom is 0.329 e. The predicted molar refractivity (Wildman–Crippen MR) is 77.4 cm³/mol. The van der Waals surface area contributed by atoms with Crippen molar-refractivity contribution >= 4 is 11.9 Å². The highest BCUT2D eigenvalue weighted by Gasteiger charge is 2.32. The molecule has 2 aromatic rings. The molecule has 0 bridgehead atoms. The lowest BCUT2D eigenvalue weighted by atomic mass is 9.98. The number of hydrogen-bond donors (Lipinski definition) is 2. The average Bonchev–Trinajstić information content (AvgIpc) is 3.01. The van der Waals surface area contributed by atoms with E-state index >= 15 is 0 Å². The van der Waals surface area contributed by atoms with Gasteiger partial charge in [0.2, 0.25) is 0 Å². The fourth-order valence-corrected chi connectivity index (χ4v) is 1.81. The molecule has 110 valence electrons. The van der Waals surface area contributed by atoms with Crippen LogP contribution in [-0.2, 0) is 4.79 Å². The molecule has 0 fully saturated rings. The molecule has 0 spiro atoms. The van der Waals surface area contributed by atoms with Gasteiger partial charge in [-0.15, -0.1) is 0 Å². The summed E-state index contributed by atoms with van der Waals surface area (Å²) in [5, 5.41) is 11.7. The number of rotatable bonds is 5. The summed E-state index contributed by atoms with van der Waals surface area (Å²) >= 11 is 0. The molecular formula is C15H17N3O3. The normalized spacial score (nSPS) is 13.4. The van der Waals surface area contributed by atoms with Crippen LogP contribution in [0.25, 0.3) is 5.69 Å². The first kappa shape index (κ1) is 14.8. The van der Waals surface area contributed by atoms with E-state index in [4.69, 9.17) is 0 Å². The number of benzene rings is 1. The minimum atomic E-state index is -1.26. The number of carbonyl (C=O) groups excluding carboxylic acids is 1. The van der Waals surface area contributed by atoms with Crippen LogP contribution in [0.5, 0.6) is 0 Å². The van der Waals surface area contributed by atoms with Crippen LogP contribution in [0.2, 0.25) is 0 Å². The number of carbonyl (C=O) groups is 2. The summed E-state index contributed by atoms with van der Waals surface area (Å²) in [6.45, 7) is 3.21. The maximum atomic E-state index is 12.1. The summed E-state index contributed by atoms with van der Waals surface area (Å²) in [6.07, 6.45) is 5.43. The third-order valence-electron chi connectivity index (χ3n) is 3.50. The zero-order chi connectivity index (χ0) is 15.5. The Morgan fingerprint density at radius 3 is 2.48 bits per heavy atom. The molecule has 0 saturated heterocycles. The number of carboxylic acids is 1. The summed E-state index contributed by atoms with van der Waals surface area (Å²) < 4.78 is 1.81. The first-order valence-electron chi connectivity index (χ1n) is 6.60. The van der Waals surface area contributed by atoms with Crippen molar-refractivity contribution in [3.63, 3.8) is 0 Å². The zero-order valence-corrected chi connectivity index (χ0v) is 11.9. The van der Waals surface area contributed by atoms with Gasteiger partial charge in [-0.25, -0.2) is 9.78 Å². The molecule has 0 aliphatic carbocycles. The Morgan fingerprint density at radius 2 is 2.00 bits per heavy atom. The quantitative estimate of drug-likeness (QED) is 0.879. The van der Waals surface area contributed by atoms with Gasteiger partial charge in [0.1, 0.15) is 5.54 Å². The molecule has 1 amide bonds. The van der Waals surface area contributed by atoms with Gasteiger partial charge < -0.3 is 15.0 Å². The first-order valence-corrected chi connectivity index (χ1v) is 6.60. The highest BCUT2D eigenvalue weighted by atomic mass is 16.4. The first-order chi connectivity index (χ1) is 9.96.